The number of thiazole rings is 1. The molecular formula is C28H28F3N5O2S. The average Bonchev–Trinajstić information content (AvgIpc) is 3.38. The summed E-state index contributed by atoms with van der Waals surface area (Å²) in [5.74, 6) is -1.31. The summed E-state index contributed by atoms with van der Waals surface area (Å²) in [6, 6.07) is 9.45. The van der Waals surface area contributed by atoms with Gasteiger partial charge in [-0.3, -0.25) is 14.5 Å². The van der Waals surface area contributed by atoms with E-state index in [9.17, 15) is 18.4 Å². The predicted octanol–water partition coefficient (Wildman–Crippen LogP) is 5.52. The monoisotopic (exact) mass is 555 g/mol. The molecule has 1 saturated heterocycles. The number of aryl methyl sites for hydroxylation is 1. The number of hydrogen-bond acceptors (Lipinski definition) is 6. The molecule has 2 unspecified atom stereocenters. The van der Waals surface area contributed by atoms with Crippen LogP contribution in [-0.4, -0.2) is 52.6 Å². The van der Waals surface area contributed by atoms with Crippen LogP contribution in [0, 0.1) is 5.82 Å². The zero-order valence-corrected chi connectivity index (χ0v) is 22.7. The Bertz CT molecular complexity index is 1610. The second kappa shape index (κ2) is 10.5. The standard InChI is InChI=1S/C28H28F3N5O2S/c1-15-11-36(12-16(2)35(15)4)23-10-21(29)18(17-6-5-7-24-26(17)32-14-39-24)8-22(23)33-28(38)20-13-34(3)25(37)9-19(20)27(30)31/h5-10,13-16,27H,11-12H2,1-4H3,(H,33,38). The Labute approximate surface area is 227 Å². The number of hydrogen-bond donors (Lipinski definition) is 1. The van der Waals surface area contributed by atoms with Crippen molar-refractivity contribution in [1.82, 2.24) is 14.5 Å². The Balaban J connectivity index is 1.64. The van der Waals surface area contributed by atoms with E-state index in [1.54, 1.807) is 11.6 Å². The number of para-hydroxylation sites is 1. The Morgan fingerprint density at radius 3 is 2.51 bits per heavy atom. The van der Waals surface area contributed by atoms with E-state index in [4.69, 9.17) is 0 Å². The lowest BCUT2D eigenvalue weighted by molar-refractivity contribution is 0.101. The van der Waals surface area contributed by atoms with Crippen molar-refractivity contribution in [3.8, 4) is 11.1 Å². The molecule has 4 aromatic rings. The minimum Gasteiger partial charge on any atom is -0.367 e. The maximum atomic E-state index is 15.8. The number of fused-ring (bicyclic) bond motifs is 1. The van der Waals surface area contributed by atoms with Crippen LogP contribution in [0.4, 0.5) is 24.5 Å². The smallest absolute Gasteiger partial charge is 0.264 e. The van der Waals surface area contributed by atoms with Gasteiger partial charge in [0.05, 0.1) is 32.7 Å². The molecule has 5 rings (SSSR count). The highest BCUT2D eigenvalue weighted by molar-refractivity contribution is 7.16. The van der Waals surface area contributed by atoms with Gasteiger partial charge in [-0.25, -0.2) is 18.2 Å². The van der Waals surface area contributed by atoms with Crippen LogP contribution in [0.25, 0.3) is 21.3 Å². The van der Waals surface area contributed by atoms with Gasteiger partial charge >= 0.3 is 0 Å². The van der Waals surface area contributed by atoms with Crippen LogP contribution in [0.2, 0.25) is 0 Å². The van der Waals surface area contributed by atoms with E-state index in [1.807, 2.05) is 24.1 Å². The number of nitrogens with zero attached hydrogens (tertiary/aromatic N) is 4. The summed E-state index contributed by atoms with van der Waals surface area (Å²) in [5, 5.41) is 2.76. The van der Waals surface area contributed by atoms with Gasteiger partial charge in [0.1, 0.15) is 5.82 Å². The normalized spacial score (nSPS) is 18.2. The van der Waals surface area contributed by atoms with Crippen LogP contribution in [0.3, 0.4) is 0 Å². The molecule has 2 aromatic carbocycles. The van der Waals surface area contributed by atoms with Gasteiger partial charge in [-0.2, -0.15) is 0 Å². The van der Waals surface area contributed by atoms with E-state index in [1.165, 1.54) is 30.5 Å². The van der Waals surface area contributed by atoms with Gasteiger partial charge in [0.2, 0.25) is 0 Å². The molecule has 0 saturated carbocycles. The van der Waals surface area contributed by atoms with Crippen LogP contribution in [0.15, 0.2) is 52.9 Å². The van der Waals surface area contributed by atoms with Crippen LogP contribution in [-0.2, 0) is 7.05 Å². The van der Waals surface area contributed by atoms with Crippen LogP contribution < -0.4 is 15.8 Å². The number of piperazine rings is 1. The molecule has 3 heterocycles. The zero-order chi connectivity index (χ0) is 28.0. The number of carbonyl (C=O) groups is 1. The molecule has 7 nitrogen and oxygen atoms in total. The lowest BCUT2D eigenvalue weighted by Crippen LogP contribution is -2.55. The third-order valence-corrected chi connectivity index (χ3v) is 8.22. The van der Waals surface area contributed by atoms with Crippen molar-refractivity contribution in [2.75, 3.05) is 30.4 Å². The lowest BCUT2D eigenvalue weighted by atomic mass is 10.0. The first kappa shape index (κ1) is 26.9. The summed E-state index contributed by atoms with van der Waals surface area (Å²) in [6.45, 7) is 5.28. The third kappa shape index (κ3) is 5.04. The summed E-state index contributed by atoms with van der Waals surface area (Å²) in [4.78, 5) is 34.0. The first-order chi connectivity index (χ1) is 18.5. The number of benzene rings is 2. The van der Waals surface area contributed by atoms with Gasteiger partial charge in [0.25, 0.3) is 17.9 Å². The summed E-state index contributed by atoms with van der Waals surface area (Å²) >= 11 is 1.43. The molecule has 1 amide bonds. The number of nitrogens with one attached hydrogen (secondary N) is 1. The minimum absolute atomic E-state index is 0.151. The number of likely N-dealkylation sites (N-methyl/N-ethyl adjacent to an activating group) is 1. The molecule has 204 valence electrons. The van der Waals surface area contributed by atoms with Gasteiger partial charge in [-0.05, 0) is 39.1 Å². The Morgan fingerprint density at radius 1 is 1.10 bits per heavy atom. The molecule has 0 radical (unpaired) electrons. The SMILES string of the molecule is CC1CN(c2cc(F)c(-c3cccc4scnc34)cc2NC(=O)c2cn(C)c(=O)cc2C(F)F)CC(C)N1C. The van der Waals surface area contributed by atoms with Crippen molar-refractivity contribution in [3.05, 3.63) is 75.4 Å². The first-order valence-electron chi connectivity index (χ1n) is 12.5. The fourth-order valence-electron chi connectivity index (χ4n) is 5.04. The van der Waals surface area contributed by atoms with E-state index in [-0.39, 0.29) is 28.9 Å². The van der Waals surface area contributed by atoms with Crippen molar-refractivity contribution >= 4 is 38.8 Å². The third-order valence-electron chi connectivity index (χ3n) is 7.42. The maximum Gasteiger partial charge on any atom is 0.264 e. The van der Waals surface area contributed by atoms with Crippen molar-refractivity contribution in [2.45, 2.75) is 32.4 Å². The molecule has 0 aliphatic carbocycles. The molecule has 2 atom stereocenters. The van der Waals surface area contributed by atoms with Crippen molar-refractivity contribution < 1.29 is 18.0 Å². The topological polar surface area (TPSA) is 70.5 Å². The largest absolute Gasteiger partial charge is 0.367 e. The number of anilines is 2. The number of pyridine rings is 1. The quantitative estimate of drug-likeness (QED) is 0.351. The molecule has 1 fully saturated rings. The van der Waals surface area contributed by atoms with E-state index in [0.717, 1.165) is 21.5 Å². The van der Waals surface area contributed by atoms with Crippen LogP contribution in [0.1, 0.15) is 36.2 Å². The van der Waals surface area contributed by atoms with E-state index < -0.39 is 29.3 Å². The number of halogens is 3. The summed E-state index contributed by atoms with van der Waals surface area (Å²) < 4.78 is 45.3. The molecule has 1 N–H and O–H groups in total. The van der Waals surface area contributed by atoms with Crippen molar-refractivity contribution in [2.24, 2.45) is 7.05 Å². The second-order valence-corrected chi connectivity index (χ2v) is 10.9. The predicted molar refractivity (Wildman–Crippen MR) is 149 cm³/mol. The highest BCUT2D eigenvalue weighted by Crippen LogP contribution is 2.39. The average molecular weight is 556 g/mol. The maximum absolute atomic E-state index is 15.8. The summed E-state index contributed by atoms with van der Waals surface area (Å²) in [5.41, 5.74) is 2.20. The Kier molecular flexibility index (Phi) is 7.21. The summed E-state index contributed by atoms with van der Waals surface area (Å²) in [6.07, 6.45) is -1.93. The Morgan fingerprint density at radius 2 is 1.82 bits per heavy atom. The summed E-state index contributed by atoms with van der Waals surface area (Å²) in [7, 11) is 3.41. The van der Waals surface area contributed by atoms with Crippen molar-refractivity contribution in [3.63, 3.8) is 0 Å². The van der Waals surface area contributed by atoms with Gasteiger partial charge in [0.15, 0.2) is 0 Å². The molecule has 1 aliphatic rings. The number of aromatic nitrogens is 2. The van der Waals surface area contributed by atoms with Gasteiger partial charge in [0, 0.05) is 61.2 Å². The highest BCUT2D eigenvalue weighted by Gasteiger charge is 2.30. The van der Waals surface area contributed by atoms with E-state index in [0.29, 0.717) is 29.9 Å². The zero-order valence-electron chi connectivity index (χ0n) is 21.9. The van der Waals surface area contributed by atoms with Crippen LogP contribution in [0.5, 0.6) is 0 Å². The fraction of sp³-hybridized carbons (Fsp3) is 0.321. The van der Waals surface area contributed by atoms with E-state index in [2.05, 4.69) is 29.0 Å². The molecular weight excluding hydrogens is 527 g/mol. The van der Waals surface area contributed by atoms with Gasteiger partial charge < -0.3 is 14.8 Å². The highest BCUT2D eigenvalue weighted by atomic mass is 32.1. The second-order valence-electron chi connectivity index (χ2n) is 9.97. The molecule has 0 bridgehead atoms. The molecule has 1 aliphatic heterocycles. The fourth-order valence-corrected chi connectivity index (χ4v) is 5.74. The van der Waals surface area contributed by atoms with Gasteiger partial charge in [-0.15, -0.1) is 11.3 Å². The molecule has 11 heteroatoms. The van der Waals surface area contributed by atoms with Crippen LogP contribution >= 0.6 is 11.3 Å². The number of amides is 1. The first-order valence-corrected chi connectivity index (χ1v) is 13.4. The van der Waals surface area contributed by atoms with E-state index >= 15 is 4.39 Å². The molecule has 39 heavy (non-hydrogen) atoms. The number of carbonyl (C=O) groups excluding carboxylic acids is 1. The lowest BCUT2D eigenvalue weighted by Gasteiger charge is -2.44. The van der Waals surface area contributed by atoms with Crippen molar-refractivity contribution in [1.29, 1.82) is 0 Å². The Hall–Kier alpha value is -3.70. The minimum atomic E-state index is -3.02. The number of rotatable bonds is 5. The van der Waals surface area contributed by atoms with Gasteiger partial charge in [-0.1, -0.05) is 12.1 Å². The molecule has 0 spiro atoms. The number of alkyl halides is 2. The molecule has 2 aromatic heterocycles.